The van der Waals surface area contributed by atoms with Gasteiger partial charge in [-0.2, -0.15) is 9.40 Å². The maximum atomic E-state index is 13.5. The van der Waals surface area contributed by atoms with Crippen molar-refractivity contribution in [2.75, 3.05) is 13.2 Å². The molecule has 0 amide bonds. The molecule has 1 aromatic carbocycles. The van der Waals surface area contributed by atoms with E-state index in [-0.39, 0.29) is 23.3 Å². The van der Waals surface area contributed by atoms with Crippen LogP contribution in [-0.2, 0) is 21.3 Å². The number of carbonyl (C=O) groups is 1. The Hall–Kier alpha value is -2.65. The van der Waals surface area contributed by atoms with Gasteiger partial charge < -0.3 is 9.15 Å². The van der Waals surface area contributed by atoms with Gasteiger partial charge in [0, 0.05) is 30.2 Å². The number of aryl methyl sites for hydroxylation is 2. The first-order valence-corrected chi connectivity index (χ1v) is 11.6. The Bertz CT molecular complexity index is 1190. The molecule has 8 nitrogen and oxygen atoms in total. The topological polar surface area (TPSA) is 94.6 Å². The first-order valence-electron chi connectivity index (χ1n) is 10.1. The summed E-state index contributed by atoms with van der Waals surface area (Å²) in [5.41, 5.74) is 1.93. The second-order valence-electron chi connectivity index (χ2n) is 7.28. The second kappa shape index (κ2) is 7.88. The molecule has 0 unspecified atom stereocenters. The number of furan rings is 1. The van der Waals surface area contributed by atoms with Gasteiger partial charge >= 0.3 is 5.97 Å². The number of rotatable bonds is 6. The Morgan fingerprint density at radius 3 is 2.83 bits per heavy atom. The van der Waals surface area contributed by atoms with Gasteiger partial charge in [0.1, 0.15) is 5.58 Å². The number of sulfonamides is 1. The maximum Gasteiger partial charge on any atom is 0.374 e. The summed E-state index contributed by atoms with van der Waals surface area (Å²) in [6.07, 6.45) is 3.25. The van der Waals surface area contributed by atoms with Gasteiger partial charge in [-0.25, -0.2) is 13.2 Å². The smallest absolute Gasteiger partial charge is 0.374 e. The van der Waals surface area contributed by atoms with Crippen molar-refractivity contribution >= 4 is 27.0 Å². The summed E-state index contributed by atoms with van der Waals surface area (Å²) in [5.74, 6) is -0.449. The lowest BCUT2D eigenvalue weighted by Gasteiger charge is -2.24. The van der Waals surface area contributed by atoms with Crippen LogP contribution in [0, 0.1) is 6.92 Å². The highest BCUT2D eigenvalue weighted by Crippen LogP contribution is 2.37. The van der Waals surface area contributed by atoms with Crippen molar-refractivity contribution < 1.29 is 22.4 Å². The van der Waals surface area contributed by atoms with Gasteiger partial charge in [-0.1, -0.05) is 0 Å². The molecule has 1 fully saturated rings. The highest BCUT2D eigenvalue weighted by atomic mass is 32.2. The molecule has 1 saturated heterocycles. The SMILES string of the molecule is CCOC(=O)c1oc2ccc(S(=O)(=O)N3CCC[C@@H]3c3ccnn3CC)cc2c1C. The van der Waals surface area contributed by atoms with Crippen LogP contribution < -0.4 is 0 Å². The van der Waals surface area contributed by atoms with E-state index in [1.165, 1.54) is 6.07 Å². The van der Waals surface area contributed by atoms with Gasteiger partial charge in [-0.05, 0) is 57.9 Å². The van der Waals surface area contributed by atoms with Crippen molar-refractivity contribution in [2.45, 2.75) is 51.1 Å². The number of carbonyl (C=O) groups excluding carboxylic acids is 1. The Labute approximate surface area is 175 Å². The van der Waals surface area contributed by atoms with E-state index >= 15 is 0 Å². The second-order valence-corrected chi connectivity index (χ2v) is 9.17. The number of hydrogen-bond donors (Lipinski definition) is 0. The summed E-state index contributed by atoms with van der Waals surface area (Å²) >= 11 is 0. The summed E-state index contributed by atoms with van der Waals surface area (Å²) in [4.78, 5) is 12.3. The molecule has 160 valence electrons. The quantitative estimate of drug-likeness (QED) is 0.553. The molecular weight excluding hydrogens is 406 g/mol. The zero-order chi connectivity index (χ0) is 21.5. The predicted molar refractivity (Wildman–Crippen MR) is 111 cm³/mol. The standard InChI is InChI=1S/C21H25N3O5S/c1-4-23-17(10-11-22-23)18-7-6-12-24(18)30(26,27)15-8-9-19-16(13-15)14(3)20(29-19)21(25)28-5-2/h8-11,13,18H,4-7,12H2,1-3H3/t18-/m1/s1. The Kier molecular flexibility index (Phi) is 5.42. The molecule has 1 aliphatic heterocycles. The highest BCUT2D eigenvalue weighted by Gasteiger charge is 2.38. The molecule has 0 N–H and O–H groups in total. The predicted octanol–water partition coefficient (Wildman–Crippen LogP) is 3.66. The zero-order valence-corrected chi connectivity index (χ0v) is 18.1. The molecular formula is C21H25N3O5S. The van der Waals surface area contributed by atoms with Gasteiger partial charge in [0.2, 0.25) is 15.8 Å². The minimum Gasteiger partial charge on any atom is -0.460 e. The Balaban J connectivity index is 1.73. The summed E-state index contributed by atoms with van der Waals surface area (Å²) < 4.78 is 41.1. The molecule has 0 spiro atoms. The van der Waals surface area contributed by atoms with E-state index in [4.69, 9.17) is 9.15 Å². The van der Waals surface area contributed by atoms with Crippen molar-refractivity contribution in [3.8, 4) is 0 Å². The summed E-state index contributed by atoms with van der Waals surface area (Å²) in [7, 11) is -3.73. The third kappa shape index (κ3) is 3.31. The van der Waals surface area contributed by atoms with E-state index in [2.05, 4.69) is 5.10 Å². The molecule has 0 aliphatic carbocycles. The average Bonchev–Trinajstić information content (AvgIpc) is 3.46. The van der Waals surface area contributed by atoms with Crippen molar-refractivity contribution in [2.24, 2.45) is 0 Å². The van der Waals surface area contributed by atoms with E-state index in [1.54, 1.807) is 36.5 Å². The van der Waals surface area contributed by atoms with E-state index < -0.39 is 16.0 Å². The maximum absolute atomic E-state index is 13.5. The van der Waals surface area contributed by atoms with Crippen LogP contribution in [0.2, 0.25) is 0 Å². The number of fused-ring (bicyclic) bond motifs is 1. The molecule has 0 radical (unpaired) electrons. The normalized spacial score (nSPS) is 17.6. The summed E-state index contributed by atoms with van der Waals surface area (Å²) in [6.45, 7) is 6.81. The number of benzene rings is 1. The molecule has 1 aliphatic rings. The van der Waals surface area contributed by atoms with Gasteiger partial charge in [-0.15, -0.1) is 0 Å². The van der Waals surface area contributed by atoms with Crippen LogP contribution >= 0.6 is 0 Å². The lowest BCUT2D eigenvalue weighted by molar-refractivity contribution is 0.0491. The molecule has 4 rings (SSSR count). The molecule has 9 heteroatoms. The molecule has 30 heavy (non-hydrogen) atoms. The number of aromatic nitrogens is 2. The molecule has 2 aromatic heterocycles. The fraction of sp³-hybridized carbons (Fsp3) is 0.429. The first-order chi connectivity index (χ1) is 14.4. The third-order valence-electron chi connectivity index (χ3n) is 5.57. The van der Waals surface area contributed by atoms with Crippen LogP contribution in [-0.4, -0.2) is 41.6 Å². The summed E-state index contributed by atoms with van der Waals surface area (Å²) in [6, 6.07) is 6.35. The van der Waals surface area contributed by atoms with Gasteiger partial charge in [0.15, 0.2) is 0 Å². The lowest BCUT2D eigenvalue weighted by atomic mass is 10.1. The minimum absolute atomic E-state index is 0.104. The van der Waals surface area contributed by atoms with Crippen LogP contribution in [0.25, 0.3) is 11.0 Å². The van der Waals surface area contributed by atoms with Crippen molar-refractivity contribution in [3.63, 3.8) is 0 Å². The van der Waals surface area contributed by atoms with Crippen LogP contribution in [0.5, 0.6) is 0 Å². The molecule has 0 saturated carbocycles. The molecule has 0 bridgehead atoms. The highest BCUT2D eigenvalue weighted by molar-refractivity contribution is 7.89. The van der Waals surface area contributed by atoms with Crippen LogP contribution in [0.4, 0.5) is 0 Å². The van der Waals surface area contributed by atoms with Crippen molar-refractivity contribution in [3.05, 3.63) is 47.5 Å². The van der Waals surface area contributed by atoms with E-state index in [9.17, 15) is 13.2 Å². The Morgan fingerprint density at radius 1 is 1.30 bits per heavy atom. The van der Waals surface area contributed by atoms with Crippen molar-refractivity contribution in [1.82, 2.24) is 14.1 Å². The lowest BCUT2D eigenvalue weighted by Crippen LogP contribution is -2.31. The van der Waals surface area contributed by atoms with Crippen molar-refractivity contribution in [1.29, 1.82) is 0 Å². The Morgan fingerprint density at radius 2 is 2.10 bits per heavy atom. The number of hydrogen-bond acceptors (Lipinski definition) is 6. The zero-order valence-electron chi connectivity index (χ0n) is 17.3. The average molecular weight is 432 g/mol. The van der Waals surface area contributed by atoms with Gasteiger partial charge in [-0.3, -0.25) is 4.68 Å². The van der Waals surface area contributed by atoms with Crippen LogP contribution in [0.1, 0.15) is 54.5 Å². The van der Waals surface area contributed by atoms with Gasteiger partial charge in [0.25, 0.3) is 0 Å². The number of nitrogens with zero attached hydrogens (tertiary/aromatic N) is 3. The fourth-order valence-corrected chi connectivity index (χ4v) is 5.80. The molecule has 1 atom stereocenters. The number of esters is 1. The van der Waals surface area contributed by atoms with Crippen LogP contribution in [0.3, 0.4) is 0 Å². The first kappa shape index (κ1) is 20.6. The summed E-state index contributed by atoms with van der Waals surface area (Å²) in [5, 5.41) is 4.89. The minimum atomic E-state index is -3.73. The molecule has 3 aromatic rings. The number of ether oxygens (including phenoxy) is 1. The fourth-order valence-electron chi connectivity index (χ4n) is 4.10. The van der Waals surface area contributed by atoms with Crippen LogP contribution in [0.15, 0.2) is 39.8 Å². The largest absolute Gasteiger partial charge is 0.460 e. The third-order valence-corrected chi connectivity index (χ3v) is 7.47. The van der Waals surface area contributed by atoms with Gasteiger partial charge in [0.05, 0.1) is 23.2 Å². The van der Waals surface area contributed by atoms with E-state index in [1.807, 2.05) is 17.7 Å². The van der Waals surface area contributed by atoms with E-state index in [0.29, 0.717) is 29.6 Å². The van der Waals surface area contributed by atoms with E-state index in [0.717, 1.165) is 18.5 Å². The monoisotopic (exact) mass is 431 g/mol. The molecule has 3 heterocycles.